The maximum absolute atomic E-state index is 13.3. The van der Waals surface area contributed by atoms with Gasteiger partial charge in [-0.05, 0) is 11.6 Å². The second-order valence-electron chi connectivity index (χ2n) is 4.01. The smallest absolute Gasteiger partial charge is 0.333 e. The van der Waals surface area contributed by atoms with Crippen molar-refractivity contribution in [2.45, 2.75) is 37.7 Å². The lowest BCUT2D eigenvalue weighted by molar-refractivity contribution is -0.271. The minimum absolute atomic E-state index is 0.387. The van der Waals surface area contributed by atoms with Gasteiger partial charge in [0.25, 0.3) is 0 Å². The molecule has 0 aliphatic carbocycles. The van der Waals surface area contributed by atoms with Crippen molar-refractivity contribution in [3.05, 3.63) is 0 Å². The van der Waals surface area contributed by atoms with Crippen LogP contribution in [0.15, 0.2) is 0 Å². The summed E-state index contributed by atoms with van der Waals surface area (Å²) in [6, 6.07) is 0. The normalized spacial score (nSPS) is 31.7. The minimum atomic E-state index is -3.90. The van der Waals surface area contributed by atoms with Gasteiger partial charge in [0, 0.05) is 13.8 Å². The summed E-state index contributed by atoms with van der Waals surface area (Å²) in [4.78, 5) is 21.8. The number of alkyl halides is 3. The highest BCUT2D eigenvalue weighted by Gasteiger charge is 2.55. The molecule has 0 spiro atoms. The van der Waals surface area contributed by atoms with Crippen molar-refractivity contribution >= 4 is 23.5 Å². The topological polar surface area (TPSA) is 82.1 Å². The van der Waals surface area contributed by atoms with Crippen LogP contribution in [0, 0.1) is 5.92 Å². The second kappa shape index (κ2) is 5.98. The van der Waals surface area contributed by atoms with Gasteiger partial charge in [-0.3, -0.25) is 9.59 Å². The number of rotatable bonds is 3. The Morgan fingerprint density at radius 3 is 2.26 bits per heavy atom. The van der Waals surface area contributed by atoms with E-state index < -0.39 is 41.7 Å². The largest absolute Gasteiger partial charge is 0.458 e. The van der Waals surface area contributed by atoms with Gasteiger partial charge in [0.1, 0.15) is 5.92 Å². The van der Waals surface area contributed by atoms with Gasteiger partial charge in [-0.1, -0.05) is 0 Å². The van der Waals surface area contributed by atoms with Crippen LogP contribution in [0.2, 0.25) is 0 Å². The number of halogens is 3. The van der Waals surface area contributed by atoms with E-state index in [4.69, 9.17) is 21.1 Å². The van der Waals surface area contributed by atoms with Gasteiger partial charge < -0.3 is 19.3 Å². The zero-order valence-electron chi connectivity index (χ0n) is 10.1. The van der Waals surface area contributed by atoms with Crippen LogP contribution in [0.1, 0.15) is 13.8 Å². The predicted octanol–water partition coefficient (Wildman–Crippen LogP) is 0.646. The zero-order chi connectivity index (χ0) is 14.8. The summed E-state index contributed by atoms with van der Waals surface area (Å²) in [6.45, 7) is 1.67. The van der Waals surface area contributed by atoms with Crippen LogP contribution in [-0.2, 0) is 23.8 Å². The van der Waals surface area contributed by atoms with E-state index in [-0.39, 0.29) is 6.61 Å². The summed E-state index contributed by atoms with van der Waals surface area (Å²) < 4.78 is 40.6. The van der Waals surface area contributed by atoms with Crippen LogP contribution in [0.3, 0.4) is 0 Å². The monoisotopic (exact) mass is 302 g/mol. The molecule has 19 heavy (non-hydrogen) atoms. The van der Waals surface area contributed by atoms with Crippen LogP contribution < -0.4 is 0 Å². The van der Waals surface area contributed by atoms with Gasteiger partial charge in [-0.15, -0.1) is 0 Å². The van der Waals surface area contributed by atoms with E-state index in [0.29, 0.717) is 0 Å². The van der Waals surface area contributed by atoms with E-state index in [1.54, 1.807) is 0 Å². The molecule has 0 unspecified atom stereocenters. The molecule has 4 atom stereocenters. The quantitative estimate of drug-likeness (QED) is 0.609. The third-order valence-corrected chi connectivity index (χ3v) is 2.71. The van der Waals surface area contributed by atoms with Crippen LogP contribution in [-0.4, -0.2) is 47.5 Å². The van der Waals surface area contributed by atoms with Crippen molar-refractivity contribution in [3.8, 4) is 0 Å². The molecule has 6 nitrogen and oxygen atoms in total. The molecule has 0 saturated carbocycles. The fourth-order valence-corrected chi connectivity index (χ4v) is 2.02. The van der Waals surface area contributed by atoms with Crippen LogP contribution in [0.25, 0.3) is 0 Å². The molecule has 1 N–H and O–H groups in total. The number of aliphatic hydroxyl groups excluding tert-OH is 1. The molecular formula is C10H13ClF2O6. The van der Waals surface area contributed by atoms with E-state index in [9.17, 15) is 23.5 Å². The molecule has 1 heterocycles. The van der Waals surface area contributed by atoms with Crippen molar-refractivity contribution in [3.63, 3.8) is 0 Å². The maximum Gasteiger partial charge on any atom is 0.333 e. The molecular weight excluding hydrogens is 290 g/mol. The highest BCUT2D eigenvalue weighted by Crippen LogP contribution is 2.39. The molecule has 9 heteroatoms. The van der Waals surface area contributed by atoms with E-state index in [0.717, 1.165) is 13.8 Å². The Hall–Kier alpha value is -0.990. The van der Waals surface area contributed by atoms with Gasteiger partial charge in [0.05, 0.1) is 6.61 Å². The standard InChI is InChI=1S/C10H13ClF2O6/c1-4(14)18-6-3-17-9(16)7(10(11,12)13)8(6)19-5(2)15/h6-9,16H,3H2,1-2H3/t6-,7+,8-,9-/m1/s1. The second-order valence-corrected chi connectivity index (χ2v) is 4.52. The first kappa shape index (κ1) is 16.1. The number of esters is 2. The molecule has 0 amide bonds. The number of hydrogen-bond acceptors (Lipinski definition) is 6. The minimum Gasteiger partial charge on any atom is -0.458 e. The van der Waals surface area contributed by atoms with Crippen molar-refractivity contribution in [1.82, 2.24) is 0 Å². The van der Waals surface area contributed by atoms with Crippen molar-refractivity contribution in [2.24, 2.45) is 5.92 Å². The SMILES string of the molecule is CC(=O)O[C@H]1[C@H](C(F)(F)Cl)[C@H](O)OC[C@H]1OC(C)=O. The Morgan fingerprint density at radius 2 is 1.84 bits per heavy atom. The average Bonchev–Trinajstić information content (AvgIpc) is 2.18. The molecule has 0 aromatic carbocycles. The van der Waals surface area contributed by atoms with E-state index in [1.807, 2.05) is 0 Å². The molecule has 1 aliphatic rings. The summed E-state index contributed by atoms with van der Waals surface area (Å²) >= 11 is 4.88. The summed E-state index contributed by atoms with van der Waals surface area (Å²) in [5, 5.41) is 5.52. The molecule has 0 bridgehead atoms. The Bertz CT molecular complexity index is 358. The summed E-state index contributed by atoms with van der Waals surface area (Å²) in [6.07, 6.45) is -4.80. The third-order valence-electron chi connectivity index (χ3n) is 2.46. The highest BCUT2D eigenvalue weighted by atomic mass is 35.5. The zero-order valence-corrected chi connectivity index (χ0v) is 10.9. The lowest BCUT2D eigenvalue weighted by Gasteiger charge is -2.40. The number of ether oxygens (including phenoxy) is 3. The van der Waals surface area contributed by atoms with E-state index in [2.05, 4.69) is 4.74 Å². The van der Waals surface area contributed by atoms with Crippen molar-refractivity contribution in [1.29, 1.82) is 0 Å². The number of hydrogen-bond donors (Lipinski definition) is 1. The third kappa shape index (κ3) is 4.26. The average molecular weight is 303 g/mol. The molecule has 110 valence electrons. The van der Waals surface area contributed by atoms with Crippen LogP contribution in [0.5, 0.6) is 0 Å². The molecule has 1 saturated heterocycles. The Kier molecular flexibility index (Phi) is 5.05. The van der Waals surface area contributed by atoms with Crippen molar-refractivity contribution < 1.29 is 37.7 Å². The van der Waals surface area contributed by atoms with Gasteiger partial charge in [-0.2, -0.15) is 8.78 Å². The van der Waals surface area contributed by atoms with Gasteiger partial charge >= 0.3 is 17.3 Å². The lowest BCUT2D eigenvalue weighted by Crippen LogP contribution is -2.57. The molecule has 0 aromatic heterocycles. The Labute approximate surface area is 112 Å². The molecule has 1 fully saturated rings. The summed E-state index contributed by atoms with van der Waals surface area (Å²) in [5.74, 6) is -3.68. The molecule has 1 rings (SSSR count). The maximum atomic E-state index is 13.3. The first-order valence-corrected chi connectivity index (χ1v) is 5.71. The highest BCUT2D eigenvalue weighted by molar-refractivity contribution is 6.22. The van der Waals surface area contributed by atoms with Gasteiger partial charge in [-0.25, -0.2) is 0 Å². The van der Waals surface area contributed by atoms with E-state index in [1.165, 1.54) is 0 Å². The number of carbonyl (C=O) groups excluding carboxylic acids is 2. The fourth-order valence-electron chi connectivity index (χ4n) is 1.79. The van der Waals surface area contributed by atoms with Gasteiger partial charge in [0.15, 0.2) is 18.5 Å². The summed E-state index contributed by atoms with van der Waals surface area (Å²) in [7, 11) is 0. The Morgan fingerprint density at radius 1 is 1.32 bits per heavy atom. The van der Waals surface area contributed by atoms with Gasteiger partial charge in [0.2, 0.25) is 0 Å². The van der Waals surface area contributed by atoms with E-state index >= 15 is 0 Å². The molecule has 0 aromatic rings. The molecule has 1 aliphatic heterocycles. The summed E-state index contributed by atoms with van der Waals surface area (Å²) in [5.41, 5.74) is 0. The van der Waals surface area contributed by atoms with Crippen LogP contribution >= 0.6 is 11.6 Å². The fraction of sp³-hybridized carbons (Fsp3) is 0.800. The van der Waals surface area contributed by atoms with Crippen LogP contribution in [0.4, 0.5) is 8.78 Å². The first-order chi connectivity index (χ1) is 8.62. The predicted molar refractivity (Wildman–Crippen MR) is 57.4 cm³/mol. The number of carbonyl (C=O) groups is 2. The molecule has 0 radical (unpaired) electrons. The lowest BCUT2D eigenvalue weighted by atomic mass is 9.94. The Balaban J connectivity index is 3.00. The number of aliphatic hydroxyl groups is 1. The van der Waals surface area contributed by atoms with Crippen molar-refractivity contribution in [2.75, 3.05) is 6.61 Å². The first-order valence-electron chi connectivity index (χ1n) is 5.33.